The van der Waals surface area contributed by atoms with E-state index < -0.39 is 0 Å². The number of ether oxygens (including phenoxy) is 1. The number of aryl methyl sites for hydroxylation is 1. The highest BCUT2D eigenvalue weighted by Gasteiger charge is 2.11. The van der Waals surface area contributed by atoms with Gasteiger partial charge in [-0.05, 0) is 37.6 Å². The number of carbonyl (C=O) groups excluding carboxylic acids is 1. The van der Waals surface area contributed by atoms with Gasteiger partial charge in [-0.1, -0.05) is 56.3 Å². The van der Waals surface area contributed by atoms with Crippen LogP contribution in [0.2, 0.25) is 0 Å². The van der Waals surface area contributed by atoms with Crippen LogP contribution in [0.4, 0.5) is 0 Å². The van der Waals surface area contributed by atoms with Crippen molar-refractivity contribution in [3.05, 3.63) is 65.2 Å². The van der Waals surface area contributed by atoms with Gasteiger partial charge in [-0.15, -0.1) is 0 Å². The summed E-state index contributed by atoms with van der Waals surface area (Å²) < 4.78 is 5.84. The number of aldehydes is 1. The van der Waals surface area contributed by atoms with Gasteiger partial charge in [0.1, 0.15) is 12.4 Å². The van der Waals surface area contributed by atoms with Gasteiger partial charge in [0.15, 0.2) is 6.29 Å². The molecular weight excluding hydrogens is 286 g/mol. The Bertz CT molecular complexity index is 581. The standard InChI is InChI=1S/C18H21NO2.C2H6/c1-14-7-6-10-18(17(14)12-20)21-13-16(19-2)11-15-8-4-3-5-9-15;1-2/h3-10,12,16,19H,11,13H2,1-2H3;1-2H3. The lowest BCUT2D eigenvalue weighted by Crippen LogP contribution is -2.33. The molecule has 1 N–H and O–H groups in total. The predicted molar refractivity (Wildman–Crippen MR) is 96.4 cm³/mol. The molecule has 124 valence electrons. The molecule has 0 heterocycles. The SMILES string of the molecule is CC.CNC(COc1cccc(C)c1C=O)Cc1ccccc1. The molecule has 2 aromatic carbocycles. The Balaban J connectivity index is 0.00000127. The second-order valence-electron chi connectivity index (χ2n) is 5.09. The first-order chi connectivity index (χ1) is 11.2. The summed E-state index contributed by atoms with van der Waals surface area (Å²) in [5.41, 5.74) is 2.83. The molecule has 0 amide bonds. The van der Waals surface area contributed by atoms with Crippen molar-refractivity contribution in [2.45, 2.75) is 33.2 Å². The number of rotatable bonds is 7. The van der Waals surface area contributed by atoms with E-state index in [1.807, 2.05) is 64.2 Å². The normalized spacial score (nSPS) is 11.1. The van der Waals surface area contributed by atoms with E-state index in [-0.39, 0.29) is 6.04 Å². The first-order valence-corrected chi connectivity index (χ1v) is 8.13. The van der Waals surface area contributed by atoms with Crippen molar-refractivity contribution in [3.8, 4) is 5.75 Å². The van der Waals surface area contributed by atoms with Crippen LogP contribution < -0.4 is 10.1 Å². The van der Waals surface area contributed by atoms with E-state index >= 15 is 0 Å². The van der Waals surface area contributed by atoms with Crippen molar-refractivity contribution in [3.63, 3.8) is 0 Å². The molecular formula is C20H27NO2. The molecule has 23 heavy (non-hydrogen) atoms. The number of nitrogens with one attached hydrogen (secondary N) is 1. The van der Waals surface area contributed by atoms with Crippen molar-refractivity contribution < 1.29 is 9.53 Å². The van der Waals surface area contributed by atoms with E-state index in [1.165, 1.54) is 5.56 Å². The first-order valence-electron chi connectivity index (χ1n) is 8.13. The molecule has 0 aliphatic heterocycles. The van der Waals surface area contributed by atoms with Crippen LogP contribution in [0.3, 0.4) is 0 Å². The Morgan fingerprint density at radius 1 is 1.09 bits per heavy atom. The fraction of sp³-hybridized carbons (Fsp3) is 0.350. The summed E-state index contributed by atoms with van der Waals surface area (Å²) in [5.74, 6) is 0.651. The minimum atomic E-state index is 0.201. The third-order valence-electron chi connectivity index (χ3n) is 3.58. The highest BCUT2D eigenvalue weighted by Crippen LogP contribution is 2.20. The van der Waals surface area contributed by atoms with Crippen LogP contribution >= 0.6 is 0 Å². The zero-order valence-corrected chi connectivity index (χ0v) is 14.5. The summed E-state index contributed by atoms with van der Waals surface area (Å²) in [6.45, 7) is 6.44. The average Bonchev–Trinajstić information content (AvgIpc) is 2.61. The smallest absolute Gasteiger partial charge is 0.154 e. The van der Waals surface area contributed by atoms with Gasteiger partial charge >= 0.3 is 0 Å². The maximum Gasteiger partial charge on any atom is 0.154 e. The van der Waals surface area contributed by atoms with Gasteiger partial charge in [0, 0.05) is 6.04 Å². The van der Waals surface area contributed by atoms with Gasteiger partial charge in [-0.2, -0.15) is 0 Å². The van der Waals surface area contributed by atoms with Crippen LogP contribution in [0.15, 0.2) is 48.5 Å². The summed E-state index contributed by atoms with van der Waals surface area (Å²) in [6.07, 6.45) is 1.75. The van der Waals surface area contributed by atoms with Crippen LogP contribution in [0.5, 0.6) is 5.75 Å². The Hall–Kier alpha value is -2.13. The predicted octanol–water partition coefficient (Wildman–Crippen LogP) is 4.04. The Morgan fingerprint density at radius 2 is 1.78 bits per heavy atom. The zero-order chi connectivity index (χ0) is 17.1. The van der Waals surface area contributed by atoms with Crippen LogP contribution in [-0.2, 0) is 6.42 Å². The summed E-state index contributed by atoms with van der Waals surface area (Å²) in [7, 11) is 1.92. The molecule has 3 heteroatoms. The average molecular weight is 313 g/mol. The maximum absolute atomic E-state index is 11.2. The molecule has 0 spiro atoms. The third kappa shape index (κ3) is 5.87. The molecule has 3 nitrogen and oxygen atoms in total. The first kappa shape index (κ1) is 18.9. The van der Waals surface area contributed by atoms with Gasteiger partial charge in [-0.25, -0.2) is 0 Å². The molecule has 1 atom stereocenters. The van der Waals surface area contributed by atoms with Crippen molar-refractivity contribution >= 4 is 6.29 Å². The lowest BCUT2D eigenvalue weighted by molar-refractivity contribution is 0.111. The third-order valence-corrected chi connectivity index (χ3v) is 3.58. The summed E-state index contributed by atoms with van der Waals surface area (Å²) >= 11 is 0. The van der Waals surface area contributed by atoms with Gasteiger partial charge < -0.3 is 10.1 Å². The Labute approximate surface area is 139 Å². The van der Waals surface area contributed by atoms with Gasteiger partial charge in [0.05, 0.1) is 5.56 Å². The van der Waals surface area contributed by atoms with Gasteiger partial charge in [0.2, 0.25) is 0 Å². The fourth-order valence-electron chi connectivity index (χ4n) is 2.26. The monoisotopic (exact) mass is 313 g/mol. The molecule has 0 fully saturated rings. The fourth-order valence-corrected chi connectivity index (χ4v) is 2.26. The van der Waals surface area contributed by atoms with Crippen LogP contribution in [0.25, 0.3) is 0 Å². The summed E-state index contributed by atoms with van der Waals surface area (Å²) in [5, 5.41) is 3.26. The number of hydrogen-bond donors (Lipinski definition) is 1. The topological polar surface area (TPSA) is 38.3 Å². The van der Waals surface area contributed by atoms with Gasteiger partial charge in [0.25, 0.3) is 0 Å². The number of likely N-dealkylation sites (N-methyl/N-ethyl adjacent to an activating group) is 1. The highest BCUT2D eigenvalue weighted by atomic mass is 16.5. The van der Waals surface area contributed by atoms with Crippen LogP contribution in [0, 0.1) is 6.92 Å². The van der Waals surface area contributed by atoms with E-state index in [1.54, 1.807) is 0 Å². The zero-order valence-electron chi connectivity index (χ0n) is 14.5. The minimum Gasteiger partial charge on any atom is -0.491 e. The largest absolute Gasteiger partial charge is 0.491 e. The molecule has 0 aliphatic carbocycles. The number of carbonyl (C=O) groups is 1. The Morgan fingerprint density at radius 3 is 2.39 bits per heavy atom. The molecule has 0 radical (unpaired) electrons. The van der Waals surface area contributed by atoms with Crippen LogP contribution in [-0.4, -0.2) is 26.0 Å². The molecule has 2 rings (SSSR count). The lowest BCUT2D eigenvalue weighted by atomic mass is 10.1. The number of benzene rings is 2. The number of hydrogen-bond acceptors (Lipinski definition) is 3. The highest BCUT2D eigenvalue weighted by molar-refractivity contribution is 5.81. The molecule has 1 unspecified atom stereocenters. The van der Waals surface area contributed by atoms with E-state index in [4.69, 9.17) is 4.74 Å². The van der Waals surface area contributed by atoms with E-state index in [9.17, 15) is 4.79 Å². The summed E-state index contributed by atoms with van der Waals surface area (Å²) in [4.78, 5) is 11.2. The van der Waals surface area contributed by atoms with Gasteiger partial charge in [-0.3, -0.25) is 4.79 Å². The van der Waals surface area contributed by atoms with Crippen molar-refractivity contribution in [2.24, 2.45) is 0 Å². The van der Waals surface area contributed by atoms with E-state index in [2.05, 4.69) is 17.4 Å². The lowest BCUT2D eigenvalue weighted by Gasteiger charge is -2.18. The van der Waals surface area contributed by atoms with Crippen molar-refractivity contribution in [1.29, 1.82) is 0 Å². The molecule has 0 saturated carbocycles. The molecule has 0 aliphatic rings. The molecule has 0 aromatic heterocycles. The molecule has 2 aromatic rings. The van der Waals surface area contributed by atoms with Crippen LogP contribution in [0.1, 0.15) is 35.3 Å². The quantitative estimate of drug-likeness (QED) is 0.784. The van der Waals surface area contributed by atoms with E-state index in [0.29, 0.717) is 17.9 Å². The second-order valence-corrected chi connectivity index (χ2v) is 5.09. The Kier molecular flexibility index (Phi) is 8.70. The second kappa shape index (κ2) is 10.6. The minimum absolute atomic E-state index is 0.201. The van der Waals surface area contributed by atoms with Crippen molar-refractivity contribution in [2.75, 3.05) is 13.7 Å². The molecule has 0 saturated heterocycles. The summed E-state index contributed by atoms with van der Waals surface area (Å²) in [6, 6.07) is 16.2. The van der Waals surface area contributed by atoms with Crippen molar-refractivity contribution in [1.82, 2.24) is 5.32 Å². The maximum atomic E-state index is 11.2. The van der Waals surface area contributed by atoms with E-state index in [0.717, 1.165) is 18.3 Å². The molecule has 0 bridgehead atoms.